The molecule has 0 aliphatic carbocycles. The fourth-order valence-corrected chi connectivity index (χ4v) is 2.39. The summed E-state index contributed by atoms with van der Waals surface area (Å²) < 4.78 is 0. The SMILES string of the molecule is Cc1ccc(N2C[C@H]3C[C@@H]2CN3)nn1. The molecule has 0 spiro atoms. The Bertz CT molecular complexity index is 334. The van der Waals surface area contributed by atoms with E-state index in [1.54, 1.807) is 0 Å². The van der Waals surface area contributed by atoms with Crippen LogP contribution in [0.2, 0.25) is 0 Å². The van der Waals surface area contributed by atoms with Crippen LogP contribution in [0.4, 0.5) is 5.82 Å². The lowest BCUT2D eigenvalue weighted by atomic mass is 10.2. The average molecular weight is 190 g/mol. The minimum absolute atomic E-state index is 0.636. The van der Waals surface area contributed by atoms with Crippen LogP contribution in [-0.4, -0.2) is 35.4 Å². The van der Waals surface area contributed by atoms with E-state index >= 15 is 0 Å². The van der Waals surface area contributed by atoms with Crippen LogP contribution in [0.25, 0.3) is 0 Å². The second-order valence-corrected chi connectivity index (χ2v) is 4.18. The van der Waals surface area contributed by atoms with E-state index in [0.29, 0.717) is 12.1 Å². The molecule has 74 valence electrons. The number of nitrogens with one attached hydrogen (secondary N) is 1. The van der Waals surface area contributed by atoms with Crippen molar-refractivity contribution in [3.63, 3.8) is 0 Å². The molecule has 4 heteroatoms. The highest BCUT2D eigenvalue weighted by molar-refractivity contribution is 5.42. The van der Waals surface area contributed by atoms with Crippen molar-refractivity contribution in [3.8, 4) is 0 Å². The largest absolute Gasteiger partial charge is 0.349 e. The van der Waals surface area contributed by atoms with Crippen molar-refractivity contribution in [1.82, 2.24) is 15.5 Å². The van der Waals surface area contributed by atoms with Gasteiger partial charge in [-0.15, -0.1) is 5.10 Å². The molecule has 1 N–H and O–H groups in total. The Morgan fingerprint density at radius 1 is 1.43 bits per heavy atom. The minimum atomic E-state index is 0.636. The van der Waals surface area contributed by atoms with E-state index in [2.05, 4.69) is 26.5 Å². The zero-order valence-corrected chi connectivity index (χ0v) is 8.27. The Kier molecular flexibility index (Phi) is 1.70. The van der Waals surface area contributed by atoms with Crippen LogP contribution in [0, 0.1) is 6.92 Å². The van der Waals surface area contributed by atoms with Crippen LogP contribution in [-0.2, 0) is 0 Å². The first kappa shape index (κ1) is 8.17. The number of hydrogen-bond donors (Lipinski definition) is 1. The Morgan fingerprint density at radius 2 is 2.36 bits per heavy atom. The van der Waals surface area contributed by atoms with Crippen LogP contribution >= 0.6 is 0 Å². The van der Waals surface area contributed by atoms with E-state index in [9.17, 15) is 0 Å². The van der Waals surface area contributed by atoms with Gasteiger partial charge in [-0.2, -0.15) is 5.10 Å². The molecule has 14 heavy (non-hydrogen) atoms. The summed E-state index contributed by atoms with van der Waals surface area (Å²) in [6, 6.07) is 5.41. The Labute approximate surface area is 83.3 Å². The second kappa shape index (κ2) is 2.92. The maximum Gasteiger partial charge on any atom is 0.151 e. The van der Waals surface area contributed by atoms with Gasteiger partial charge in [0.15, 0.2) is 5.82 Å². The molecule has 4 nitrogen and oxygen atoms in total. The quantitative estimate of drug-likeness (QED) is 0.693. The molecule has 2 fully saturated rings. The van der Waals surface area contributed by atoms with Crippen molar-refractivity contribution in [2.45, 2.75) is 25.4 Å². The summed E-state index contributed by atoms with van der Waals surface area (Å²) in [6.45, 7) is 4.15. The number of anilines is 1. The van der Waals surface area contributed by atoms with E-state index in [1.165, 1.54) is 6.42 Å². The van der Waals surface area contributed by atoms with Gasteiger partial charge in [-0.05, 0) is 25.5 Å². The first-order valence-corrected chi connectivity index (χ1v) is 5.13. The summed E-state index contributed by atoms with van der Waals surface area (Å²) >= 11 is 0. The maximum atomic E-state index is 4.23. The van der Waals surface area contributed by atoms with E-state index in [-0.39, 0.29) is 0 Å². The van der Waals surface area contributed by atoms with Gasteiger partial charge in [-0.1, -0.05) is 0 Å². The molecule has 3 rings (SSSR count). The highest BCUT2D eigenvalue weighted by Gasteiger charge is 2.38. The van der Waals surface area contributed by atoms with Crippen molar-refractivity contribution in [3.05, 3.63) is 17.8 Å². The van der Waals surface area contributed by atoms with Crippen LogP contribution < -0.4 is 10.2 Å². The van der Waals surface area contributed by atoms with E-state index in [0.717, 1.165) is 24.6 Å². The van der Waals surface area contributed by atoms with E-state index in [1.807, 2.05) is 13.0 Å². The van der Waals surface area contributed by atoms with Crippen molar-refractivity contribution < 1.29 is 0 Å². The molecule has 0 aromatic carbocycles. The molecule has 2 aliphatic heterocycles. The van der Waals surface area contributed by atoms with Crippen LogP contribution in [0.15, 0.2) is 12.1 Å². The molecule has 3 heterocycles. The second-order valence-electron chi connectivity index (χ2n) is 4.18. The fourth-order valence-electron chi connectivity index (χ4n) is 2.39. The van der Waals surface area contributed by atoms with Gasteiger partial charge < -0.3 is 10.2 Å². The summed E-state index contributed by atoms with van der Waals surface area (Å²) in [5.74, 6) is 1.03. The number of rotatable bonds is 1. The molecule has 2 aliphatic rings. The highest BCUT2D eigenvalue weighted by Crippen LogP contribution is 2.27. The maximum absolute atomic E-state index is 4.23. The fraction of sp³-hybridized carbons (Fsp3) is 0.600. The summed E-state index contributed by atoms with van der Waals surface area (Å²) in [4.78, 5) is 2.37. The Hall–Kier alpha value is -1.16. The predicted octanol–water partition coefficient (Wildman–Crippen LogP) is 0.336. The standard InChI is InChI=1S/C10H14N4/c1-7-2-3-10(13-12-7)14-6-8-4-9(14)5-11-8/h2-3,8-9,11H,4-6H2,1H3/t8-,9-/m1/s1. The molecule has 2 atom stereocenters. The summed E-state index contributed by atoms with van der Waals surface area (Å²) in [5.41, 5.74) is 0.983. The lowest BCUT2D eigenvalue weighted by Crippen LogP contribution is -2.44. The lowest BCUT2D eigenvalue weighted by molar-refractivity contribution is 0.574. The van der Waals surface area contributed by atoms with Crippen LogP contribution in [0.5, 0.6) is 0 Å². The van der Waals surface area contributed by atoms with Gasteiger partial charge in [-0.3, -0.25) is 0 Å². The summed E-state index contributed by atoms with van der Waals surface area (Å²) in [7, 11) is 0. The third-order valence-corrected chi connectivity index (χ3v) is 3.13. The summed E-state index contributed by atoms with van der Waals surface area (Å²) in [5, 5.41) is 11.8. The number of hydrogen-bond acceptors (Lipinski definition) is 4. The monoisotopic (exact) mass is 190 g/mol. The molecule has 1 aromatic heterocycles. The van der Waals surface area contributed by atoms with Gasteiger partial charge in [0, 0.05) is 25.2 Å². The Morgan fingerprint density at radius 3 is 2.93 bits per heavy atom. The smallest absolute Gasteiger partial charge is 0.151 e. The Balaban J connectivity index is 1.86. The van der Waals surface area contributed by atoms with Crippen LogP contribution in [0.3, 0.4) is 0 Å². The van der Waals surface area contributed by atoms with Crippen molar-refractivity contribution in [2.75, 3.05) is 18.0 Å². The minimum Gasteiger partial charge on any atom is -0.349 e. The van der Waals surface area contributed by atoms with Gasteiger partial charge in [0.1, 0.15) is 0 Å². The molecule has 1 aromatic rings. The lowest BCUT2D eigenvalue weighted by Gasteiger charge is -2.27. The van der Waals surface area contributed by atoms with Gasteiger partial charge in [0.2, 0.25) is 0 Å². The number of fused-ring (bicyclic) bond motifs is 2. The average Bonchev–Trinajstić information content (AvgIpc) is 2.80. The third kappa shape index (κ3) is 1.18. The van der Waals surface area contributed by atoms with Gasteiger partial charge in [0.25, 0.3) is 0 Å². The normalized spacial score (nSPS) is 29.9. The van der Waals surface area contributed by atoms with Gasteiger partial charge >= 0.3 is 0 Å². The molecule has 0 saturated carbocycles. The molecular formula is C10H14N4. The molecular weight excluding hydrogens is 176 g/mol. The number of aromatic nitrogens is 2. The van der Waals surface area contributed by atoms with E-state index < -0.39 is 0 Å². The van der Waals surface area contributed by atoms with Crippen molar-refractivity contribution in [1.29, 1.82) is 0 Å². The topological polar surface area (TPSA) is 41.0 Å². The molecule has 0 unspecified atom stereocenters. The first-order valence-electron chi connectivity index (χ1n) is 5.13. The number of piperazine rings is 1. The van der Waals surface area contributed by atoms with Crippen molar-refractivity contribution in [2.24, 2.45) is 0 Å². The molecule has 0 radical (unpaired) electrons. The van der Waals surface area contributed by atoms with Crippen molar-refractivity contribution >= 4 is 5.82 Å². The molecule has 2 saturated heterocycles. The molecule has 0 amide bonds. The zero-order valence-electron chi connectivity index (χ0n) is 8.27. The van der Waals surface area contributed by atoms with Gasteiger partial charge in [-0.25, -0.2) is 0 Å². The van der Waals surface area contributed by atoms with E-state index in [4.69, 9.17) is 0 Å². The van der Waals surface area contributed by atoms with Gasteiger partial charge in [0.05, 0.1) is 5.69 Å². The highest BCUT2D eigenvalue weighted by atomic mass is 15.3. The first-order chi connectivity index (χ1) is 6.83. The molecule has 2 bridgehead atoms. The number of nitrogens with zero attached hydrogens (tertiary/aromatic N) is 3. The third-order valence-electron chi connectivity index (χ3n) is 3.13. The zero-order chi connectivity index (χ0) is 9.54. The van der Waals surface area contributed by atoms with Crippen LogP contribution in [0.1, 0.15) is 12.1 Å². The summed E-state index contributed by atoms with van der Waals surface area (Å²) in [6.07, 6.45) is 1.26. The number of aryl methyl sites for hydroxylation is 1. The predicted molar refractivity (Wildman–Crippen MR) is 54.3 cm³/mol.